The van der Waals surface area contributed by atoms with Crippen LogP contribution in [0.15, 0.2) is 18.2 Å². The van der Waals surface area contributed by atoms with Gasteiger partial charge in [-0.15, -0.1) is 0 Å². The van der Waals surface area contributed by atoms with Crippen LogP contribution in [0.4, 0.5) is 11.4 Å². The summed E-state index contributed by atoms with van der Waals surface area (Å²) in [6.45, 7) is 8.31. The summed E-state index contributed by atoms with van der Waals surface area (Å²) >= 11 is 0. The Morgan fingerprint density at radius 3 is 2.54 bits per heavy atom. The van der Waals surface area contributed by atoms with E-state index in [2.05, 4.69) is 20.4 Å². The summed E-state index contributed by atoms with van der Waals surface area (Å²) in [5.41, 5.74) is 2.20. The Balaban J connectivity index is 1.61. The summed E-state index contributed by atoms with van der Waals surface area (Å²) in [4.78, 5) is 28.9. The Kier molecular flexibility index (Phi) is 7.68. The lowest BCUT2D eigenvalue weighted by atomic mass is 10.1. The number of benzene rings is 1. The summed E-state index contributed by atoms with van der Waals surface area (Å²) in [6.07, 6.45) is 4.88. The van der Waals surface area contributed by atoms with Crippen molar-refractivity contribution in [3.05, 3.63) is 23.8 Å². The van der Waals surface area contributed by atoms with Crippen LogP contribution in [0.2, 0.25) is 0 Å². The fraction of sp³-hybridized carbons (Fsp3) is 0.619. The average Bonchev–Trinajstić information content (AvgIpc) is 2.72. The Labute approximate surface area is 167 Å². The summed E-state index contributed by atoms with van der Waals surface area (Å²) in [5.74, 6) is -0.183. The number of carbonyl (C=O) groups is 2. The summed E-state index contributed by atoms with van der Waals surface area (Å²) in [5, 5.41) is 5.87. The molecule has 2 saturated heterocycles. The van der Waals surface area contributed by atoms with E-state index in [0.717, 1.165) is 31.7 Å². The molecule has 2 amide bonds. The van der Waals surface area contributed by atoms with Crippen molar-refractivity contribution in [2.24, 2.45) is 0 Å². The molecule has 0 atom stereocenters. The zero-order chi connectivity index (χ0) is 19.8. The fourth-order valence-electron chi connectivity index (χ4n) is 3.85. The van der Waals surface area contributed by atoms with Crippen molar-refractivity contribution in [1.29, 1.82) is 0 Å². The van der Waals surface area contributed by atoms with E-state index >= 15 is 0 Å². The lowest BCUT2D eigenvalue weighted by molar-refractivity contribution is -0.114. The third-order valence-electron chi connectivity index (χ3n) is 5.30. The Morgan fingerprint density at radius 2 is 1.82 bits per heavy atom. The maximum Gasteiger partial charge on any atom is 0.253 e. The topological polar surface area (TPSA) is 73.9 Å². The molecule has 154 valence electrons. The van der Waals surface area contributed by atoms with E-state index in [1.807, 2.05) is 6.07 Å². The quantitative estimate of drug-likeness (QED) is 0.700. The molecule has 0 aliphatic carbocycles. The maximum absolute atomic E-state index is 12.8. The molecule has 2 heterocycles. The minimum atomic E-state index is -0.122. The normalized spacial score (nSPS) is 18.0. The second kappa shape index (κ2) is 10.4. The van der Waals surface area contributed by atoms with Gasteiger partial charge in [0, 0.05) is 32.2 Å². The molecule has 7 heteroatoms. The molecule has 0 spiro atoms. The van der Waals surface area contributed by atoms with E-state index in [9.17, 15) is 9.59 Å². The molecule has 1 aromatic rings. The highest BCUT2D eigenvalue weighted by Gasteiger charge is 2.20. The summed E-state index contributed by atoms with van der Waals surface area (Å²) < 4.78 is 5.44. The number of rotatable bonds is 7. The van der Waals surface area contributed by atoms with Crippen molar-refractivity contribution < 1.29 is 14.3 Å². The molecule has 2 aliphatic rings. The number of nitrogens with zero attached hydrogens (tertiary/aromatic N) is 2. The average molecular weight is 389 g/mol. The standard InChI is InChI=1S/C21H32N4O3/c1-17(26)23-18-6-7-19(20(16-18)25-12-14-28-15-13-25)21(27)22-8-5-11-24-9-3-2-4-10-24/h6-7,16H,2-5,8-15H2,1H3,(H,22,27)(H,23,26). The molecular weight excluding hydrogens is 356 g/mol. The zero-order valence-corrected chi connectivity index (χ0v) is 16.8. The number of hydrogen-bond acceptors (Lipinski definition) is 5. The van der Waals surface area contributed by atoms with Gasteiger partial charge in [-0.2, -0.15) is 0 Å². The molecule has 2 fully saturated rings. The number of piperidine rings is 1. The molecule has 0 saturated carbocycles. The van der Waals surface area contributed by atoms with Gasteiger partial charge < -0.3 is 25.2 Å². The highest BCUT2D eigenvalue weighted by molar-refractivity contribution is 6.01. The van der Waals surface area contributed by atoms with E-state index in [-0.39, 0.29) is 11.8 Å². The molecule has 2 N–H and O–H groups in total. The van der Waals surface area contributed by atoms with Crippen molar-refractivity contribution in [2.45, 2.75) is 32.6 Å². The number of anilines is 2. The number of ether oxygens (including phenoxy) is 1. The van der Waals surface area contributed by atoms with Gasteiger partial charge in [-0.3, -0.25) is 9.59 Å². The van der Waals surface area contributed by atoms with Crippen molar-refractivity contribution in [3.8, 4) is 0 Å². The van der Waals surface area contributed by atoms with Crippen LogP contribution in [0.3, 0.4) is 0 Å². The second-order valence-electron chi connectivity index (χ2n) is 7.52. The highest BCUT2D eigenvalue weighted by Crippen LogP contribution is 2.26. The first-order valence-corrected chi connectivity index (χ1v) is 10.4. The van der Waals surface area contributed by atoms with Crippen LogP contribution in [0.25, 0.3) is 0 Å². The number of carbonyl (C=O) groups excluding carboxylic acids is 2. The molecule has 1 aromatic carbocycles. The Morgan fingerprint density at radius 1 is 1.07 bits per heavy atom. The maximum atomic E-state index is 12.8. The number of hydrogen-bond donors (Lipinski definition) is 2. The largest absolute Gasteiger partial charge is 0.378 e. The van der Waals surface area contributed by atoms with E-state index in [1.165, 1.54) is 39.3 Å². The molecular formula is C21H32N4O3. The van der Waals surface area contributed by atoms with E-state index in [1.54, 1.807) is 12.1 Å². The molecule has 0 bridgehead atoms. The van der Waals surface area contributed by atoms with Gasteiger partial charge in [-0.05, 0) is 57.1 Å². The van der Waals surface area contributed by atoms with Gasteiger partial charge >= 0.3 is 0 Å². The third-order valence-corrected chi connectivity index (χ3v) is 5.30. The van der Waals surface area contributed by atoms with Crippen LogP contribution in [0, 0.1) is 0 Å². The van der Waals surface area contributed by atoms with Crippen LogP contribution in [-0.4, -0.2) is 69.2 Å². The van der Waals surface area contributed by atoms with Crippen molar-refractivity contribution in [2.75, 3.05) is 62.7 Å². The SMILES string of the molecule is CC(=O)Nc1ccc(C(=O)NCCCN2CCCCC2)c(N2CCOCC2)c1. The third kappa shape index (κ3) is 5.94. The molecule has 2 aliphatic heterocycles. The van der Waals surface area contributed by atoms with Crippen LogP contribution in [0.1, 0.15) is 43.0 Å². The van der Waals surface area contributed by atoms with Crippen LogP contribution in [-0.2, 0) is 9.53 Å². The van der Waals surface area contributed by atoms with E-state index < -0.39 is 0 Å². The number of nitrogens with one attached hydrogen (secondary N) is 2. The molecule has 7 nitrogen and oxygen atoms in total. The number of likely N-dealkylation sites (tertiary alicyclic amines) is 1. The molecule has 3 rings (SSSR count). The first-order chi connectivity index (χ1) is 13.6. The van der Waals surface area contributed by atoms with E-state index in [0.29, 0.717) is 31.0 Å². The van der Waals surface area contributed by atoms with Gasteiger partial charge in [0.15, 0.2) is 0 Å². The minimum absolute atomic E-state index is 0.0606. The van der Waals surface area contributed by atoms with Crippen LogP contribution in [0.5, 0.6) is 0 Å². The molecule has 0 radical (unpaired) electrons. The predicted octanol–water partition coefficient (Wildman–Crippen LogP) is 2.09. The lowest BCUT2D eigenvalue weighted by Gasteiger charge is -2.30. The van der Waals surface area contributed by atoms with E-state index in [4.69, 9.17) is 4.74 Å². The second-order valence-corrected chi connectivity index (χ2v) is 7.52. The van der Waals surface area contributed by atoms with Crippen molar-refractivity contribution >= 4 is 23.2 Å². The van der Waals surface area contributed by atoms with Crippen LogP contribution < -0.4 is 15.5 Å². The summed E-state index contributed by atoms with van der Waals surface area (Å²) in [7, 11) is 0. The highest BCUT2D eigenvalue weighted by atomic mass is 16.5. The Bertz CT molecular complexity index is 668. The van der Waals surface area contributed by atoms with Gasteiger partial charge in [0.2, 0.25) is 5.91 Å². The monoisotopic (exact) mass is 388 g/mol. The van der Waals surface area contributed by atoms with Gasteiger partial charge in [-0.25, -0.2) is 0 Å². The zero-order valence-electron chi connectivity index (χ0n) is 16.8. The fourth-order valence-corrected chi connectivity index (χ4v) is 3.85. The first kappa shape index (κ1) is 20.6. The number of amides is 2. The van der Waals surface area contributed by atoms with Crippen LogP contribution >= 0.6 is 0 Å². The van der Waals surface area contributed by atoms with Gasteiger partial charge in [0.05, 0.1) is 24.5 Å². The van der Waals surface area contributed by atoms with Crippen molar-refractivity contribution in [3.63, 3.8) is 0 Å². The predicted molar refractivity (Wildman–Crippen MR) is 111 cm³/mol. The molecule has 28 heavy (non-hydrogen) atoms. The van der Waals surface area contributed by atoms with Gasteiger partial charge in [-0.1, -0.05) is 6.42 Å². The van der Waals surface area contributed by atoms with Gasteiger partial charge in [0.25, 0.3) is 5.91 Å². The smallest absolute Gasteiger partial charge is 0.253 e. The van der Waals surface area contributed by atoms with Gasteiger partial charge in [0.1, 0.15) is 0 Å². The first-order valence-electron chi connectivity index (χ1n) is 10.4. The minimum Gasteiger partial charge on any atom is -0.378 e. The molecule has 0 unspecified atom stereocenters. The van der Waals surface area contributed by atoms with Crippen molar-refractivity contribution in [1.82, 2.24) is 10.2 Å². The summed E-state index contributed by atoms with van der Waals surface area (Å²) in [6, 6.07) is 5.47. The lowest BCUT2D eigenvalue weighted by Crippen LogP contribution is -2.38. The molecule has 0 aromatic heterocycles. The Hall–Kier alpha value is -2.12. The number of morpholine rings is 1.